The number of aryl methyl sites for hydroxylation is 1. The van der Waals surface area contributed by atoms with Crippen molar-refractivity contribution in [3.8, 4) is 5.75 Å². The Hall–Kier alpha value is -2.95. The number of para-hydroxylation sites is 1. The van der Waals surface area contributed by atoms with Crippen LogP contribution < -0.4 is 15.4 Å². The molecule has 2 amide bonds. The van der Waals surface area contributed by atoms with E-state index in [1.165, 1.54) is 13.3 Å². The zero-order valence-electron chi connectivity index (χ0n) is 16.9. The lowest BCUT2D eigenvalue weighted by atomic mass is 9.77. The molecule has 0 unspecified atom stereocenters. The number of nitrogens with zero attached hydrogens (tertiary/aromatic N) is 1. The Kier molecular flexibility index (Phi) is 9.27. The molecule has 0 aliphatic heterocycles. The van der Waals surface area contributed by atoms with Crippen molar-refractivity contribution in [1.29, 1.82) is 0 Å². The molecule has 0 aliphatic rings. The van der Waals surface area contributed by atoms with Gasteiger partial charge in [0.2, 0.25) is 5.91 Å². The number of ether oxygens (including phenoxy) is 2. The third kappa shape index (κ3) is 7.47. The molecule has 0 bridgehead atoms. The minimum absolute atomic E-state index is 0.0916. The van der Waals surface area contributed by atoms with Crippen LogP contribution in [0.25, 0.3) is 0 Å². The molecule has 1 heterocycles. The lowest BCUT2D eigenvalue weighted by Gasteiger charge is -2.23. The van der Waals surface area contributed by atoms with Crippen LogP contribution in [0.4, 0.5) is 0 Å². The van der Waals surface area contributed by atoms with Gasteiger partial charge in [0.05, 0.1) is 24.7 Å². The Morgan fingerprint density at radius 1 is 1.13 bits per heavy atom. The average Bonchev–Trinajstić information content (AvgIpc) is 2.73. The normalized spacial score (nSPS) is 12.5. The van der Waals surface area contributed by atoms with E-state index in [9.17, 15) is 19.6 Å². The number of carbonyl (C=O) groups excluding carboxylic acids is 2. The molecule has 4 N–H and O–H groups in total. The van der Waals surface area contributed by atoms with Crippen LogP contribution in [0.5, 0.6) is 5.75 Å². The van der Waals surface area contributed by atoms with Gasteiger partial charge in [-0.2, -0.15) is 0 Å². The number of pyridine rings is 1. The maximum absolute atomic E-state index is 12.6. The predicted molar refractivity (Wildman–Crippen MR) is 111 cm³/mol. The van der Waals surface area contributed by atoms with E-state index in [0.717, 1.165) is 5.69 Å². The van der Waals surface area contributed by atoms with Gasteiger partial charge in [0.25, 0.3) is 5.91 Å². The number of nitrogens with one attached hydrogen (secondary N) is 2. The van der Waals surface area contributed by atoms with E-state index >= 15 is 0 Å². The van der Waals surface area contributed by atoms with Gasteiger partial charge in [-0.25, -0.2) is 0 Å². The third-order valence-corrected chi connectivity index (χ3v) is 4.26. The minimum atomic E-state index is -1.80. The standard InChI is InChI=1S/C20H26BN3O6/c1-14-8-9-15(12-22-14)19(25)23-17(13-29-2)20(26)24-18(21(27)28)10-11-30-16-6-4-3-5-7-16/h3-9,12,17-18,27-28H,10-11,13H2,1-2H3,(H,23,25)(H,24,26)/t17-,18+/m1/s1. The SMILES string of the molecule is COC[C@@H](NC(=O)c1ccc(C)nc1)C(=O)N[C@@H](CCOc1ccccc1)B(O)O. The lowest BCUT2D eigenvalue weighted by Crippen LogP contribution is -2.55. The van der Waals surface area contributed by atoms with Crippen molar-refractivity contribution in [3.63, 3.8) is 0 Å². The molecular formula is C20H26BN3O6. The fraction of sp³-hybridized carbons (Fsp3) is 0.350. The summed E-state index contributed by atoms with van der Waals surface area (Å²) in [6.45, 7) is 1.86. The van der Waals surface area contributed by atoms with E-state index in [-0.39, 0.29) is 19.6 Å². The number of hydrogen-bond donors (Lipinski definition) is 4. The summed E-state index contributed by atoms with van der Waals surface area (Å²) in [5.74, 6) is -1.46. The number of hydrogen-bond acceptors (Lipinski definition) is 7. The van der Waals surface area contributed by atoms with Crippen LogP contribution in [-0.4, -0.2) is 66.3 Å². The molecule has 0 spiro atoms. The van der Waals surface area contributed by atoms with Crippen molar-refractivity contribution in [3.05, 3.63) is 59.9 Å². The molecule has 0 radical (unpaired) electrons. The van der Waals surface area contributed by atoms with Gasteiger partial charge in [0, 0.05) is 25.4 Å². The van der Waals surface area contributed by atoms with Crippen molar-refractivity contribution in [2.45, 2.75) is 25.3 Å². The Labute approximate surface area is 175 Å². The molecule has 1 aromatic carbocycles. The highest BCUT2D eigenvalue weighted by atomic mass is 16.5. The molecule has 2 rings (SSSR count). The summed E-state index contributed by atoms with van der Waals surface area (Å²) in [7, 11) is -0.403. The molecule has 9 nitrogen and oxygen atoms in total. The van der Waals surface area contributed by atoms with Gasteiger partial charge in [-0.3, -0.25) is 14.6 Å². The summed E-state index contributed by atoms with van der Waals surface area (Å²) >= 11 is 0. The Morgan fingerprint density at radius 2 is 1.87 bits per heavy atom. The monoisotopic (exact) mass is 415 g/mol. The Morgan fingerprint density at radius 3 is 2.47 bits per heavy atom. The van der Waals surface area contributed by atoms with Crippen LogP contribution >= 0.6 is 0 Å². The fourth-order valence-electron chi connectivity index (χ4n) is 2.59. The van der Waals surface area contributed by atoms with Crippen LogP contribution in [0.1, 0.15) is 22.5 Å². The number of amides is 2. The number of carbonyl (C=O) groups is 2. The van der Waals surface area contributed by atoms with E-state index in [1.54, 1.807) is 31.2 Å². The molecule has 0 aliphatic carbocycles. The zero-order chi connectivity index (χ0) is 21.9. The minimum Gasteiger partial charge on any atom is -0.494 e. The summed E-state index contributed by atoms with van der Waals surface area (Å²) in [4.78, 5) is 29.1. The highest BCUT2D eigenvalue weighted by Crippen LogP contribution is 2.09. The van der Waals surface area contributed by atoms with Crippen LogP contribution in [-0.2, 0) is 9.53 Å². The maximum atomic E-state index is 12.6. The van der Waals surface area contributed by atoms with Crippen LogP contribution in [0, 0.1) is 6.92 Å². The van der Waals surface area contributed by atoms with E-state index in [0.29, 0.717) is 11.3 Å². The molecule has 30 heavy (non-hydrogen) atoms. The second-order valence-electron chi connectivity index (χ2n) is 6.65. The average molecular weight is 415 g/mol. The van der Waals surface area contributed by atoms with E-state index < -0.39 is 30.9 Å². The van der Waals surface area contributed by atoms with Crippen molar-refractivity contribution >= 4 is 18.9 Å². The van der Waals surface area contributed by atoms with E-state index in [4.69, 9.17) is 9.47 Å². The number of rotatable bonds is 11. The molecule has 10 heteroatoms. The van der Waals surface area contributed by atoms with Gasteiger partial charge in [-0.1, -0.05) is 18.2 Å². The first-order chi connectivity index (χ1) is 14.4. The summed E-state index contributed by atoms with van der Waals surface area (Å²) < 4.78 is 10.6. The van der Waals surface area contributed by atoms with Crippen LogP contribution in [0.15, 0.2) is 48.7 Å². The van der Waals surface area contributed by atoms with Crippen molar-refractivity contribution in [2.75, 3.05) is 20.3 Å². The smallest absolute Gasteiger partial charge is 0.475 e. The second kappa shape index (κ2) is 11.9. The summed E-state index contributed by atoms with van der Waals surface area (Å²) in [6, 6.07) is 11.3. The topological polar surface area (TPSA) is 130 Å². The van der Waals surface area contributed by atoms with Crippen LogP contribution in [0.2, 0.25) is 0 Å². The van der Waals surface area contributed by atoms with Gasteiger partial charge in [0.1, 0.15) is 11.8 Å². The molecule has 160 valence electrons. The first kappa shape index (κ1) is 23.3. The Balaban J connectivity index is 1.94. The van der Waals surface area contributed by atoms with Crippen molar-refractivity contribution < 1.29 is 29.1 Å². The van der Waals surface area contributed by atoms with Crippen molar-refractivity contribution in [2.24, 2.45) is 0 Å². The predicted octanol–water partition coefficient (Wildman–Crippen LogP) is 0.101. The summed E-state index contributed by atoms with van der Waals surface area (Å²) in [6.07, 6.45) is 1.56. The van der Waals surface area contributed by atoms with Gasteiger partial charge >= 0.3 is 7.12 Å². The summed E-state index contributed by atoms with van der Waals surface area (Å²) in [5, 5.41) is 24.3. The molecule has 0 saturated heterocycles. The molecule has 2 atom stereocenters. The second-order valence-corrected chi connectivity index (χ2v) is 6.65. The van der Waals surface area contributed by atoms with Gasteiger partial charge in [0.15, 0.2) is 0 Å². The lowest BCUT2D eigenvalue weighted by molar-refractivity contribution is -0.124. The van der Waals surface area contributed by atoms with Gasteiger partial charge in [-0.15, -0.1) is 0 Å². The molecular weight excluding hydrogens is 389 g/mol. The number of aromatic nitrogens is 1. The van der Waals surface area contributed by atoms with E-state index in [2.05, 4.69) is 15.6 Å². The number of benzene rings is 1. The highest BCUT2D eigenvalue weighted by molar-refractivity contribution is 6.43. The highest BCUT2D eigenvalue weighted by Gasteiger charge is 2.29. The largest absolute Gasteiger partial charge is 0.494 e. The van der Waals surface area contributed by atoms with Gasteiger partial charge in [-0.05, 0) is 31.2 Å². The maximum Gasteiger partial charge on any atom is 0.475 e. The fourth-order valence-corrected chi connectivity index (χ4v) is 2.59. The quantitative estimate of drug-likeness (QED) is 0.383. The number of methoxy groups -OCH3 is 1. The molecule has 0 saturated carbocycles. The zero-order valence-corrected chi connectivity index (χ0v) is 16.9. The van der Waals surface area contributed by atoms with Gasteiger partial charge < -0.3 is 30.2 Å². The van der Waals surface area contributed by atoms with Crippen LogP contribution in [0.3, 0.4) is 0 Å². The van der Waals surface area contributed by atoms with Crippen molar-refractivity contribution in [1.82, 2.24) is 15.6 Å². The first-order valence-electron chi connectivity index (χ1n) is 9.47. The first-order valence-corrected chi connectivity index (χ1v) is 9.47. The Bertz CT molecular complexity index is 804. The molecule has 0 fully saturated rings. The summed E-state index contributed by atoms with van der Waals surface area (Å²) in [5.41, 5.74) is 1.06. The third-order valence-electron chi connectivity index (χ3n) is 4.26. The molecule has 1 aromatic heterocycles. The van der Waals surface area contributed by atoms with E-state index in [1.807, 2.05) is 18.2 Å². The molecule has 2 aromatic rings.